The second kappa shape index (κ2) is 7.26. The topological polar surface area (TPSA) is 20.3 Å². The lowest BCUT2D eigenvalue weighted by molar-refractivity contribution is -0.135. The van der Waals surface area contributed by atoms with Crippen LogP contribution < -0.4 is 0 Å². The average molecular weight is 276 g/mol. The zero-order valence-corrected chi connectivity index (χ0v) is 11.3. The van der Waals surface area contributed by atoms with Crippen LogP contribution in [-0.2, 0) is 4.79 Å². The minimum absolute atomic E-state index is 0.377. The fourth-order valence-electron chi connectivity index (χ4n) is 2.23. The number of amides is 1. The molecule has 1 amide bonds. The molecule has 1 heterocycles. The van der Waals surface area contributed by atoms with Crippen LogP contribution in [0.2, 0.25) is 0 Å². The standard InChI is InChI=1S/C12H22BrNO/c1-2-3-7-12(15)14-10-5-4-6-11(14)8-9-13/h11H,2-10H2,1H3. The van der Waals surface area contributed by atoms with Crippen molar-refractivity contribution in [2.45, 2.75) is 57.9 Å². The smallest absolute Gasteiger partial charge is 0.222 e. The van der Waals surface area contributed by atoms with E-state index in [4.69, 9.17) is 0 Å². The van der Waals surface area contributed by atoms with Gasteiger partial charge in [0.05, 0.1) is 0 Å². The van der Waals surface area contributed by atoms with E-state index in [-0.39, 0.29) is 0 Å². The molecule has 1 fully saturated rings. The number of carbonyl (C=O) groups excluding carboxylic acids is 1. The van der Waals surface area contributed by atoms with E-state index < -0.39 is 0 Å². The van der Waals surface area contributed by atoms with Crippen LogP contribution in [0.3, 0.4) is 0 Å². The summed E-state index contributed by atoms with van der Waals surface area (Å²) in [5, 5.41) is 1.01. The number of carbonyl (C=O) groups is 1. The monoisotopic (exact) mass is 275 g/mol. The van der Waals surface area contributed by atoms with Crippen molar-refractivity contribution in [1.29, 1.82) is 0 Å². The Labute approximate surface area is 102 Å². The Morgan fingerprint density at radius 1 is 1.47 bits per heavy atom. The van der Waals surface area contributed by atoms with Crippen LogP contribution in [0, 0.1) is 0 Å². The molecule has 1 saturated heterocycles. The largest absolute Gasteiger partial charge is 0.340 e. The van der Waals surface area contributed by atoms with Crippen LogP contribution in [0.15, 0.2) is 0 Å². The summed E-state index contributed by atoms with van der Waals surface area (Å²) < 4.78 is 0. The molecule has 0 aromatic heterocycles. The van der Waals surface area contributed by atoms with Crippen LogP contribution in [-0.4, -0.2) is 28.7 Å². The third-order valence-corrected chi connectivity index (χ3v) is 3.59. The first kappa shape index (κ1) is 13.0. The Kier molecular flexibility index (Phi) is 6.30. The maximum atomic E-state index is 12.0. The quantitative estimate of drug-likeness (QED) is 0.705. The van der Waals surface area contributed by atoms with Crippen molar-refractivity contribution in [2.24, 2.45) is 0 Å². The summed E-state index contributed by atoms with van der Waals surface area (Å²) in [6.07, 6.45) is 7.68. The molecule has 2 nitrogen and oxygen atoms in total. The summed E-state index contributed by atoms with van der Waals surface area (Å²) in [4.78, 5) is 14.1. The van der Waals surface area contributed by atoms with Crippen molar-refractivity contribution in [3.8, 4) is 0 Å². The molecule has 0 spiro atoms. The van der Waals surface area contributed by atoms with Gasteiger partial charge in [-0.2, -0.15) is 0 Å². The molecule has 1 aliphatic rings. The van der Waals surface area contributed by atoms with Gasteiger partial charge in [0.25, 0.3) is 0 Å². The molecule has 0 radical (unpaired) electrons. The van der Waals surface area contributed by atoms with Crippen LogP contribution in [0.4, 0.5) is 0 Å². The number of alkyl halides is 1. The molecule has 1 atom stereocenters. The Morgan fingerprint density at radius 2 is 2.27 bits per heavy atom. The Balaban J connectivity index is 2.43. The lowest BCUT2D eigenvalue weighted by Crippen LogP contribution is -2.43. The second-order valence-electron chi connectivity index (χ2n) is 4.32. The van der Waals surface area contributed by atoms with E-state index >= 15 is 0 Å². The summed E-state index contributed by atoms with van der Waals surface area (Å²) in [6, 6.07) is 0.502. The van der Waals surface area contributed by atoms with Gasteiger partial charge in [0.1, 0.15) is 0 Å². The highest BCUT2D eigenvalue weighted by Gasteiger charge is 2.25. The Morgan fingerprint density at radius 3 is 2.93 bits per heavy atom. The first-order chi connectivity index (χ1) is 7.29. The van der Waals surface area contributed by atoms with E-state index in [0.29, 0.717) is 11.9 Å². The molecular formula is C12H22BrNO. The fourth-order valence-corrected chi connectivity index (χ4v) is 2.76. The molecule has 1 unspecified atom stereocenters. The number of likely N-dealkylation sites (tertiary alicyclic amines) is 1. The summed E-state index contributed by atoms with van der Waals surface area (Å²) in [5.74, 6) is 0.377. The third-order valence-electron chi connectivity index (χ3n) is 3.13. The predicted octanol–water partition coefficient (Wildman–Crippen LogP) is 3.34. The average Bonchev–Trinajstić information content (AvgIpc) is 2.27. The molecule has 0 aliphatic carbocycles. The van der Waals surface area contributed by atoms with Gasteiger partial charge in [-0.05, 0) is 32.1 Å². The van der Waals surface area contributed by atoms with Crippen LogP contribution in [0.25, 0.3) is 0 Å². The van der Waals surface area contributed by atoms with Crippen molar-refractivity contribution in [1.82, 2.24) is 4.90 Å². The molecule has 88 valence electrons. The maximum absolute atomic E-state index is 12.0. The fraction of sp³-hybridized carbons (Fsp3) is 0.917. The van der Waals surface area contributed by atoms with E-state index in [1.54, 1.807) is 0 Å². The lowest BCUT2D eigenvalue weighted by atomic mass is 9.99. The summed E-state index contributed by atoms with van der Waals surface area (Å²) in [6.45, 7) is 3.12. The van der Waals surface area contributed by atoms with Crippen molar-refractivity contribution < 1.29 is 4.79 Å². The zero-order chi connectivity index (χ0) is 11.1. The summed E-state index contributed by atoms with van der Waals surface area (Å²) in [5.41, 5.74) is 0. The van der Waals surface area contributed by atoms with Crippen LogP contribution in [0.1, 0.15) is 51.9 Å². The molecule has 15 heavy (non-hydrogen) atoms. The predicted molar refractivity (Wildman–Crippen MR) is 67.3 cm³/mol. The molecule has 0 bridgehead atoms. The van der Waals surface area contributed by atoms with Gasteiger partial charge in [0.2, 0.25) is 5.91 Å². The van der Waals surface area contributed by atoms with Crippen LogP contribution >= 0.6 is 15.9 Å². The van der Waals surface area contributed by atoms with Gasteiger partial charge in [-0.3, -0.25) is 4.79 Å². The van der Waals surface area contributed by atoms with Gasteiger partial charge in [-0.15, -0.1) is 0 Å². The number of rotatable bonds is 5. The normalized spacial score (nSPS) is 21.7. The summed E-state index contributed by atoms with van der Waals surface area (Å²) >= 11 is 3.48. The van der Waals surface area contributed by atoms with Gasteiger partial charge in [-0.25, -0.2) is 0 Å². The molecule has 0 saturated carbocycles. The van der Waals surface area contributed by atoms with Gasteiger partial charge >= 0.3 is 0 Å². The number of piperidine rings is 1. The number of hydrogen-bond acceptors (Lipinski definition) is 1. The SMILES string of the molecule is CCCCC(=O)N1CCCCC1CCBr. The first-order valence-corrected chi connectivity index (χ1v) is 7.27. The molecule has 0 aromatic carbocycles. The van der Waals surface area contributed by atoms with Crippen molar-refractivity contribution in [3.63, 3.8) is 0 Å². The highest BCUT2D eigenvalue weighted by Crippen LogP contribution is 2.21. The number of hydrogen-bond donors (Lipinski definition) is 0. The van der Waals surface area contributed by atoms with Gasteiger partial charge < -0.3 is 4.90 Å². The molecule has 1 rings (SSSR count). The Hall–Kier alpha value is -0.0500. The molecular weight excluding hydrogens is 254 g/mol. The highest BCUT2D eigenvalue weighted by molar-refractivity contribution is 9.09. The second-order valence-corrected chi connectivity index (χ2v) is 5.11. The number of nitrogens with zero attached hydrogens (tertiary/aromatic N) is 1. The zero-order valence-electron chi connectivity index (χ0n) is 9.67. The van der Waals surface area contributed by atoms with E-state index in [9.17, 15) is 4.79 Å². The lowest BCUT2D eigenvalue weighted by Gasteiger charge is -2.35. The van der Waals surface area contributed by atoms with Crippen molar-refractivity contribution in [3.05, 3.63) is 0 Å². The molecule has 0 aromatic rings. The Bertz CT molecular complexity index is 194. The minimum atomic E-state index is 0.377. The molecule has 3 heteroatoms. The number of halogens is 1. The van der Waals surface area contributed by atoms with E-state index in [0.717, 1.165) is 37.6 Å². The maximum Gasteiger partial charge on any atom is 0.222 e. The van der Waals surface area contributed by atoms with Gasteiger partial charge in [0.15, 0.2) is 0 Å². The van der Waals surface area contributed by atoms with E-state index in [1.807, 2.05) is 0 Å². The summed E-state index contributed by atoms with van der Waals surface area (Å²) in [7, 11) is 0. The third kappa shape index (κ3) is 4.13. The van der Waals surface area contributed by atoms with Crippen molar-refractivity contribution >= 4 is 21.8 Å². The van der Waals surface area contributed by atoms with Crippen molar-refractivity contribution in [2.75, 3.05) is 11.9 Å². The van der Waals surface area contributed by atoms with Crippen LogP contribution in [0.5, 0.6) is 0 Å². The van der Waals surface area contributed by atoms with E-state index in [1.165, 1.54) is 19.3 Å². The van der Waals surface area contributed by atoms with E-state index in [2.05, 4.69) is 27.8 Å². The first-order valence-electron chi connectivity index (χ1n) is 6.15. The molecule has 1 aliphatic heterocycles. The highest BCUT2D eigenvalue weighted by atomic mass is 79.9. The molecule has 0 N–H and O–H groups in total. The minimum Gasteiger partial charge on any atom is -0.340 e. The van der Waals surface area contributed by atoms with Gasteiger partial charge in [0, 0.05) is 24.3 Å². The number of unbranched alkanes of at least 4 members (excludes halogenated alkanes) is 1. The van der Waals surface area contributed by atoms with Gasteiger partial charge in [-0.1, -0.05) is 29.3 Å².